The zero-order valence-electron chi connectivity index (χ0n) is 9.84. The van der Waals surface area contributed by atoms with E-state index in [1.54, 1.807) is 0 Å². The van der Waals surface area contributed by atoms with E-state index < -0.39 is 0 Å². The topological polar surface area (TPSA) is 33.1 Å². The fourth-order valence-corrected chi connectivity index (χ4v) is 3.71. The van der Waals surface area contributed by atoms with E-state index in [0.29, 0.717) is 0 Å². The number of rotatable bonds is 3. The maximum atomic E-state index is 9.53. The molecule has 2 nitrogen and oxygen atoms in total. The van der Waals surface area contributed by atoms with Crippen molar-refractivity contribution in [1.82, 2.24) is 4.98 Å². The van der Waals surface area contributed by atoms with E-state index in [4.69, 9.17) is 10.7 Å². The molecule has 19 heavy (non-hydrogen) atoms. The Morgan fingerprint density at radius 2 is 1.95 bits per heavy atom. The number of hydrogen-bond acceptors (Lipinski definition) is 4. The molecule has 2 aromatic carbocycles. The molecular formula is C14H10ClNOS2. The van der Waals surface area contributed by atoms with Gasteiger partial charge in [0.15, 0.2) is 4.34 Å². The number of halogens is 1. The van der Waals surface area contributed by atoms with Crippen LogP contribution < -0.4 is 0 Å². The molecule has 0 spiro atoms. The summed E-state index contributed by atoms with van der Waals surface area (Å²) in [7, 11) is 6.87. The third-order valence-electron chi connectivity index (χ3n) is 2.89. The third-order valence-corrected chi connectivity index (χ3v) is 5.27. The Kier molecular flexibility index (Phi) is 3.75. The maximum Gasteiger partial charge on any atom is 0.166 e. The second-order valence-electron chi connectivity index (χ2n) is 4.06. The highest BCUT2D eigenvalue weighted by Crippen LogP contribution is 2.36. The van der Waals surface area contributed by atoms with Gasteiger partial charge in [-0.25, -0.2) is 4.98 Å². The quantitative estimate of drug-likeness (QED) is 0.761. The fraction of sp³-hybridized carbons (Fsp3) is 0.0714. The molecule has 0 atom stereocenters. The molecule has 0 saturated carbocycles. The van der Waals surface area contributed by atoms with Crippen LogP contribution in [0.4, 0.5) is 0 Å². The van der Waals surface area contributed by atoms with Crippen LogP contribution in [0.1, 0.15) is 5.56 Å². The lowest BCUT2D eigenvalue weighted by Gasteiger charge is -2.05. The summed E-state index contributed by atoms with van der Waals surface area (Å²) in [6.45, 7) is 0.00571. The van der Waals surface area contributed by atoms with Crippen LogP contribution in [0.25, 0.3) is 21.3 Å². The van der Waals surface area contributed by atoms with Crippen molar-refractivity contribution in [3.8, 4) is 11.1 Å². The lowest BCUT2D eigenvalue weighted by atomic mass is 10.0. The summed E-state index contributed by atoms with van der Waals surface area (Å²) in [4.78, 5) is 4.46. The van der Waals surface area contributed by atoms with Crippen LogP contribution in [0.2, 0.25) is 0 Å². The van der Waals surface area contributed by atoms with Crippen molar-refractivity contribution in [2.45, 2.75) is 10.9 Å². The van der Waals surface area contributed by atoms with Crippen molar-refractivity contribution in [3.05, 3.63) is 48.0 Å². The van der Waals surface area contributed by atoms with Gasteiger partial charge in [-0.05, 0) is 39.5 Å². The van der Waals surface area contributed by atoms with Gasteiger partial charge in [0.05, 0.1) is 16.8 Å². The fourth-order valence-electron chi connectivity index (χ4n) is 2.03. The summed E-state index contributed by atoms with van der Waals surface area (Å²) in [6, 6.07) is 14.1. The Labute approximate surface area is 123 Å². The molecule has 1 aromatic heterocycles. The molecule has 3 rings (SSSR count). The SMILES string of the molecule is OCc1cc(-c2ccccc2)cc2nc(SCl)sc12. The Hall–Kier alpha value is -1.07. The molecule has 0 saturated heterocycles. The predicted octanol–water partition coefficient (Wildman–Crippen LogP) is 4.70. The van der Waals surface area contributed by atoms with Crippen molar-refractivity contribution in [2.24, 2.45) is 0 Å². The Morgan fingerprint density at radius 3 is 2.63 bits per heavy atom. The number of fused-ring (bicyclic) bond motifs is 1. The molecule has 3 aromatic rings. The van der Waals surface area contributed by atoms with Crippen LogP contribution in [0, 0.1) is 0 Å². The van der Waals surface area contributed by atoms with E-state index in [2.05, 4.69) is 4.98 Å². The number of aromatic nitrogens is 1. The standard InChI is InChI=1S/C14H10ClNOS2/c15-19-14-16-12-7-10(9-4-2-1-3-5-9)6-11(8-17)13(12)18-14/h1-7,17H,8H2. The molecule has 0 aliphatic heterocycles. The van der Waals surface area contributed by atoms with Gasteiger partial charge >= 0.3 is 0 Å². The summed E-state index contributed by atoms with van der Waals surface area (Å²) in [6.07, 6.45) is 0. The average Bonchev–Trinajstić information content (AvgIpc) is 2.90. The Balaban J connectivity index is 2.22. The van der Waals surface area contributed by atoms with Gasteiger partial charge in [0.1, 0.15) is 0 Å². The normalized spacial score (nSPS) is 11.1. The van der Waals surface area contributed by atoms with Crippen molar-refractivity contribution in [3.63, 3.8) is 0 Å². The minimum atomic E-state index is 0.00571. The summed E-state index contributed by atoms with van der Waals surface area (Å²) >= 11 is 1.51. The zero-order chi connectivity index (χ0) is 13.2. The molecule has 0 unspecified atom stereocenters. The number of benzene rings is 2. The van der Waals surface area contributed by atoms with E-state index in [9.17, 15) is 5.11 Å². The Morgan fingerprint density at radius 1 is 1.16 bits per heavy atom. The minimum Gasteiger partial charge on any atom is -0.392 e. The number of thiazole rings is 1. The van der Waals surface area contributed by atoms with E-state index in [0.717, 1.165) is 42.2 Å². The van der Waals surface area contributed by atoms with Crippen LogP contribution >= 0.6 is 33.0 Å². The molecule has 0 fully saturated rings. The Bertz CT molecular complexity index is 712. The van der Waals surface area contributed by atoms with Gasteiger partial charge in [-0.15, -0.1) is 11.3 Å². The van der Waals surface area contributed by atoms with Crippen molar-refractivity contribution in [1.29, 1.82) is 0 Å². The molecule has 1 heterocycles. The molecule has 0 amide bonds. The second kappa shape index (κ2) is 5.51. The van der Waals surface area contributed by atoms with E-state index >= 15 is 0 Å². The first-order chi connectivity index (χ1) is 9.31. The predicted molar refractivity (Wildman–Crippen MR) is 82.7 cm³/mol. The number of hydrogen-bond donors (Lipinski definition) is 1. The molecule has 0 bridgehead atoms. The zero-order valence-corrected chi connectivity index (χ0v) is 12.2. The van der Waals surface area contributed by atoms with Crippen LogP contribution in [0.15, 0.2) is 46.8 Å². The van der Waals surface area contributed by atoms with E-state index in [-0.39, 0.29) is 6.61 Å². The summed E-state index contributed by atoms with van der Waals surface area (Å²) in [5, 5.41) is 9.53. The largest absolute Gasteiger partial charge is 0.392 e. The monoisotopic (exact) mass is 307 g/mol. The molecule has 0 aliphatic carbocycles. The third kappa shape index (κ3) is 2.49. The summed E-state index contributed by atoms with van der Waals surface area (Å²) < 4.78 is 1.81. The first-order valence-corrected chi connectivity index (χ1v) is 8.16. The highest BCUT2D eigenvalue weighted by Gasteiger charge is 2.10. The van der Waals surface area contributed by atoms with Crippen LogP contribution in [-0.4, -0.2) is 10.1 Å². The molecular weight excluding hydrogens is 298 g/mol. The van der Waals surface area contributed by atoms with Gasteiger partial charge in [0.25, 0.3) is 0 Å². The van der Waals surface area contributed by atoms with Gasteiger partial charge in [0, 0.05) is 11.0 Å². The van der Waals surface area contributed by atoms with Crippen molar-refractivity contribution < 1.29 is 5.11 Å². The molecule has 96 valence electrons. The van der Waals surface area contributed by atoms with Crippen LogP contribution in [-0.2, 0) is 6.61 Å². The first-order valence-electron chi connectivity index (χ1n) is 5.70. The van der Waals surface area contributed by atoms with Gasteiger partial charge in [-0.1, -0.05) is 30.3 Å². The van der Waals surface area contributed by atoms with Crippen molar-refractivity contribution >= 4 is 43.2 Å². The lowest BCUT2D eigenvalue weighted by Crippen LogP contribution is -1.86. The summed E-state index contributed by atoms with van der Waals surface area (Å²) in [5.74, 6) is 0. The van der Waals surface area contributed by atoms with Crippen LogP contribution in [0.3, 0.4) is 0 Å². The number of nitrogens with zero attached hydrogens (tertiary/aromatic N) is 1. The number of aliphatic hydroxyl groups excluding tert-OH is 1. The van der Waals surface area contributed by atoms with Gasteiger partial charge < -0.3 is 5.11 Å². The highest BCUT2D eigenvalue weighted by molar-refractivity contribution is 8.22. The van der Waals surface area contributed by atoms with E-state index in [1.165, 1.54) is 11.3 Å². The van der Waals surface area contributed by atoms with Gasteiger partial charge in [0.2, 0.25) is 0 Å². The first kappa shape index (κ1) is 12.9. The smallest absolute Gasteiger partial charge is 0.166 e. The minimum absolute atomic E-state index is 0.00571. The number of aliphatic hydroxyl groups is 1. The highest BCUT2D eigenvalue weighted by atomic mass is 35.7. The van der Waals surface area contributed by atoms with Gasteiger partial charge in [-0.3, -0.25) is 0 Å². The molecule has 0 radical (unpaired) electrons. The van der Waals surface area contributed by atoms with Crippen LogP contribution in [0.5, 0.6) is 0 Å². The average molecular weight is 308 g/mol. The van der Waals surface area contributed by atoms with Crippen molar-refractivity contribution in [2.75, 3.05) is 0 Å². The van der Waals surface area contributed by atoms with E-state index in [1.807, 2.05) is 42.5 Å². The molecule has 5 heteroatoms. The summed E-state index contributed by atoms with van der Waals surface area (Å²) in [5.41, 5.74) is 3.96. The second-order valence-corrected chi connectivity index (χ2v) is 6.33. The molecule has 0 aliphatic rings. The lowest BCUT2D eigenvalue weighted by molar-refractivity contribution is 0.283. The molecule has 1 N–H and O–H groups in total. The maximum absolute atomic E-state index is 9.53. The van der Waals surface area contributed by atoms with Gasteiger partial charge in [-0.2, -0.15) is 0 Å².